The summed E-state index contributed by atoms with van der Waals surface area (Å²) in [6.45, 7) is 8.83. The van der Waals surface area contributed by atoms with Gasteiger partial charge in [-0.05, 0) is 38.3 Å². The number of rotatable bonds is 5. The number of likely N-dealkylation sites (tertiary alicyclic amines) is 1. The summed E-state index contributed by atoms with van der Waals surface area (Å²) < 4.78 is 12.4. The number of aromatic nitrogens is 2. The first-order chi connectivity index (χ1) is 14.0. The average Bonchev–Trinajstić information content (AvgIpc) is 3.37. The van der Waals surface area contributed by atoms with Crippen LogP contribution in [0.25, 0.3) is 0 Å². The molecule has 4 heterocycles. The van der Waals surface area contributed by atoms with Gasteiger partial charge >= 0.3 is 0 Å². The van der Waals surface area contributed by atoms with Crippen LogP contribution >= 0.6 is 0 Å². The number of carbonyl (C=O) groups is 1. The fourth-order valence-electron chi connectivity index (χ4n) is 4.16. The lowest BCUT2D eigenvalue weighted by Gasteiger charge is -2.27. The van der Waals surface area contributed by atoms with Crippen molar-refractivity contribution in [3.8, 4) is 0 Å². The molecule has 156 valence electrons. The van der Waals surface area contributed by atoms with E-state index in [0.717, 1.165) is 51.4 Å². The van der Waals surface area contributed by atoms with Crippen molar-refractivity contribution in [1.82, 2.24) is 19.5 Å². The van der Waals surface area contributed by atoms with Gasteiger partial charge in [-0.2, -0.15) is 0 Å². The van der Waals surface area contributed by atoms with Crippen molar-refractivity contribution in [2.75, 3.05) is 39.4 Å². The molecule has 2 aromatic heterocycles. The van der Waals surface area contributed by atoms with E-state index in [-0.39, 0.29) is 23.1 Å². The molecule has 1 amide bonds. The quantitative estimate of drug-likeness (QED) is 0.761. The molecule has 4 rings (SSSR count). The normalized spacial score (nSPS) is 20.3. The molecule has 1 atom stereocenters. The lowest BCUT2D eigenvalue weighted by molar-refractivity contribution is 0.0362. The van der Waals surface area contributed by atoms with Crippen molar-refractivity contribution in [3.63, 3.8) is 0 Å². The summed E-state index contributed by atoms with van der Waals surface area (Å²) in [6.07, 6.45) is 3.49. The molecule has 8 nitrogen and oxygen atoms in total. The van der Waals surface area contributed by atoms with E-state index in [1.807, 2.05) is 26.0 Å². The van der Waals surface area contributed by atoms with Crippen molar-refractivity contribution >= 4 is 5.91 Å². The Morgan fingerprint density at radius 3 is 2.72 bits per heavy atom. The summed E-state index contributed by atoms with van der Waals surface area (Å²) in [5, 5.41) is 3.95. The SMILES string of the molecule is Cc1cc(C2CCCN2C(=O)c2c(C)ccn(CCN3CCOCC3)c2=O)on1. The van der Waals surface area contributed by atoms with Gasteiger partial charge in [-0.15, -0.1) is 0 Å². The van der Waals surface area contributed by atoms with Crippen LogP contribution in [0.4, 0.5) is 0 Å². The van der Waals surface area contributed by atoms with Crippen LogP contribution < -0.4 is 5.56 Å². The van der Waals surface area contributed by atoms with E-state index in [1.165, 1.54) is 0 Å². The Hall–Kier alpha value is -2.45. The number of hydrogen-bond acceptors (Lipinski definition) is 6. The fourth-order valence-corrected chi connectivity index (χ4v) is 4.16. The Bertz CT molecular complexity index is 929. The van der Waals surface area contributed by atoms with E-state index in [0.29, 0.717) is 24.4 Å². The molecule has 0 bridgehead atoms. The Morgan fingerprint density at radius 1 is 1.21 bits per heavy atom. The minimum atomic E-state index is -0.220. The molecule has 2 saturated heterocycles. The zero-order valence-corrected chi connectivity index (χ0v) is 17.1. The second-order valence-electron chi connectivity index (χ2n) is 7.85. The van der Waals surface area contributed by atoms with Gasteiger partial charge in [0.2, 0.25) is 0 Å². The molecular formula is C21H28N4O4. The molecule has 0 aromatic carbocycles. The Kier molecular flexibility index (Phi) is 5.82. The van der Waals surface area contributed by atoms with Gasteiger partial charge < -0.3 is 18.7 Å². The Morgan fingerprint density at radius 2 is 2.00 bits per heavy atom. The molecule has 2 aliphatic heterocycles. The van der Waals surface area contributed by atoms with E-state index >= 15 is 0 Å². The molecule has 2 aliphatic rings. The fraction of sp³-hybridized carbons (Fsp3) is 0.571. The third-order valence-electron chi connectivity index (χ3n) is 5.84. The van der Waals surface area contributed by atoms with Crippen LogP contribution in [0.3, 0.4) is 0 Å². The molecule has 0 N–H and O–H groups in total. The van der Waals surface area contributed by atoms with E-state index < -0.39 is 0 Å². The summed E-state index contributed by atoms with van der Waals surface area (Å²) in [6, 6.07) is 3.57. The smallest absolute Gasteiger partial charge is 0.263 e. The van der Waals surface area contributed by atoms with Gasteiger partial charge in [0.1, 0.15) is 5.56 Å². The Balaban J connectivity index is 1.55. The first-order valence-corrected chi connectivity index (χ1v) is 10.3. The molecule has 0 aliphatic carbocycles. The standard InChI is InChI=1S/C21H28N4O4/c1-15-5-7-24(9-8-23-10-12-28-13-11-23)20(26)19(15)21(27)25-6-3-4-17(25)18-14-16(2)22-29-18/h5,7,14,17H,3-4,6,8-13H2,1-2H3. The lowest BCUT2D eigenvalue weighted by atomic mass is 10.1. The van der Waals surface area contributed by atoms with Crippen LogP contribution in [-0.4, -0.2) is 64.8 Å². The zero-order valence-electron chi connectivity index (χ0n) is 17.1. The second kappa shape index (κ2) is 8.51. The van der Waals surface area contributed by atoms with E-state index in [1.54, 1.807) is 15.7 Å². The summed E-state index contributed by atoms with van der Waals surface area (Å²) >= 11 is 0. The monoisotopic (exact) mass is 400 g/mol. The highest BCUT2D eigenvalue weighted by atomic mass is 16.5. The van der Waals surface area contributed by atoms with Gasteiger partial charge in [-0.1, -0.05) is 5.16 Å². The average molecular weight is 400 g/mol. The largest absolute Gasteiger partial charge is 0.379 e. The molecule has 0 saturated carbocycles. The molecule has 1 unspecified atom stereocenters. The molecule has 8 heteroatoms. The second-order valence-corrected chi connectivity index (χ2v) is 7.85. The highest BCUT2D eigenvalue weighted by Crippen LogP contribution is 2.33. The number of pyridine rings is 1. The predicted octanol–water partition coefficient (Wildman–Crippen LogP) is 1.76. The number of ether oxygens (including phenoxy) is 1. The maximum absolute atomic E-state index is 13.4. The third-order valence-corrected chi connectivity index (χ3v) is 5.84. The first-order valence-electron chi connectivity index (χ1n) is 10.3. The van der Waals surface area contributed by atoms with Gasteiger partial charge in [0.15, 0.2) is 5.76 Å². The van der Waals surface area contributed by atoms with Crippen molar-refractivity contribution in [2.45, 2.75) is 39.3 Å². The number of carbonyl (C=O) groups excluding carboxylic acids is 1. The van der Waals surface area contributed by atoms with Crippen LogP contribution in [-0.2, 0) is 11.3 Å². The number of morpholine rings is 1. The summed E-state index contributed by atoms with van der Waals surface area (Å²) in [7, 11) is 0. The molecule has 2 fully saturated rings. The van der Waals surface area contributed by atoms with Gasteiger partial charge in [-0.25, -0.2) is 0 Å². The van der Waals surface area contributed by atoms with Crippen molar-refractivity contribution in [1.29, 1.82) is 0 Å². The van der Waals surface area contributed by atoms with Crippen LogP contribution in [0.5, 0.6) is 0 Å². The maximum atomic E-state index is 13.4. The van der Waals surface area contributed by atoms with Gasteiger partial charge in [0.25, 0.3) is 11.5 Å². The zero-order chi connectivity index (χ0) is 20.4. The first kappa shape index (κ1) is 19.8. The highest BCUT2D eigenvalue weighted by molar-refractivity contribution is 5.95. The molecule has 0 radical (unpaired) electrons. The highest BCUT2D eigenvalue weighted by Gasteiger charge is 2.35. The predicted molar refractivity (Wildman–Crippen MR) is 107 cm³/mol. The summed E-state index contributed by atoms with van der Waals surface area (Å²) in [4.78, 5) is 30.5. The van der Waals surface area contributed by atoms with Crippen molar-refractivity contribution in [3.05, 3.63) is 51.3 Å². The van der Waals surface area contributed by atoms with E-state index in [2.05, 4.69) is 10.1 Å². The van der Waals surface area contributed by atoms with Crippen LogP contribution in [0, 0.1) is 13.8 Å². The number of amides is 1. The maximum Gasteiger partial charge on any atom is 0.263 e. The molecule has 2 aromatic rings. The van der Waals surface area contributed by atoms with Gasteiger partial charge in [0.05, 0.1) is 24.9 Å². The lowest BCUT2D eigenvalue weighted by Crippen LogP contribution is -2.41. The number of hydrogen-bond donors (Lipinski definition) is 0. The van der Waals surface area contributed by atoms with Crippen LogP contribution in [0.2, 0.25) is 0 Å². The number of nitrogens with zero attached hydrogens (tertiary/aromatic N) is 4. The van der Waals surface area contributed by atoms with Crippen molar-refractivity contribution < 1.29 is 14.1 Å². The molecular weight excluding hydrogens is 372 g/mol. The van der Waals surface area contributed by atoms with Crippen LogP contribution in [0.1, 0.15) is 46.3 Å². The van der Waals surface area contributed by atoms with Crippen LogP contribution in [0.15, 0.2) is 27.6 Å². The van der Waals surface area contributed by atoms with Gasteiger partial charge in [0, 0.05) is 45.0 Å². The van der Waals surface area contributed by atoms with E-state index in [4.69, 9.17) is 9.26 Å². The minimum Gasteiger partial charge on any atom is -0.379 e. The molecule has 29 heavy (non-hydrogen) atoms. The Labute approximate surface area is 170 Å². The van der Waals surface area contributed by atoms with Crippen molar-refractivity contribution in [2.24, 2.45) is 0 Å². The summed E-state index contributed by atoms with van der Waals surface area (Å²) in [5.41, 5.74) is 1.54. The number of aryl methyl sites for hydroxylation is 2. The van der Waals surface area contributed by atoms with Gasteiger partial charge in [-0.3, -0.25) is 14.5 Å². The third kappa shape index (κ3) is 4.13. The summed E-state index contributed by atoms with van der Waals surface area (Å²) in [5.74, 6) is 0.472. The van der Waals surface area contributed by atoms with E-state index in [9.17, 15) is 9.59 Å². The minimum absolute atomic E-state index is 0.162. The molecule has 0 spiro atoms. The topological polar surface area (TPSA) is 80.8 Å².